The predicted octanol–water partition coefficient (Wildman–Crippen LogP) is 1.45. The molecule has 0 spiro atoms. The minimum Gasteiger partial charge on any atom is -0.423 e. The van der Waals surface area contributed by atoms with Gasteiger partial charge >= 0.3 is 5.63 Å². The largest absolute Gasteiger partial charge is 0.423 e. The van der Waals surface area contributed by atoms with Gasteiger partial charge in [-0.15, -0.1) is 0 Å². The third-order valence-electron chi connectivity index (χ3n) is 1.89. The molecule has 0 aliphatic heterocycles. The van der Waals surface area contributed by atoms with Gasteiger partial charge in [0.2, 0.25) is 0 Å². The van der Waals surface area contributed by atoms with Crippen molar-refractivity contribution in [2.45, 2.75) is 0 Å². The third kappa shape index (κ3) is 2.13. The van der Waals surface area contributed by atoms with Crippen LogP contribution in [0.25, 0.3) is 11.0 Å². The summed E-state index contributed by atoms with van der Waals surface area (Å²) in [5, 5.41) is 3.79. The summed E-state index contributed by atoms with van der Waals surface area (Å²) in [6, 6.07) is 8.38. The minimum absolute atomic E-state index is 0.174. The molecule has 1 heterocycles. The zero-order valence-electron chi connectivity index (χ0n) is 7.69. The summed E-state index contributed by atoms with van der Waals surface area (Å²) in [6.07, 6.45) is 0. The topological polar surface area (TPSA) is 68.3 Å². The predicted molar refractivity (Wildman–Crippen MR) is 62.9 cm³/mol. The number of nitrogens with one attached hydrogen (secondary N) is 1. The molecule has 0 aliphatic rings. The van der Waals surface area contributed by atoms with Crippen LogP contribution in [-0.2, 0) is 0 Å². The Morgan fingerprint density at radius 3 is 2.80 bits per heavy atom. The molecule has 3 N–H and O–H groups in total. The van der Waals surface area contributed by atoms with Crippen LogP contribution in [0.2, 0.25) is 0 Å². The van der Waals surface area contributed by atoms with E-state index in [-0.39, 0.29) is 10.7 Å². The highest BCUT2D eigenvalue weighted by atomic mass is 32.1. The van der Waals surface area contributed by atoms with Crippen LogP contribution in [0.3, 0.4) is 0 Å². The molecule has 0 unspecified atom stereocenters. The monoisotopic (exact) mass is 220 g/mol. The van der Waals surface area contributed by atoms with Gasteiger partial charge in [-0.05, 0) is 30.4 Å². The van der Waals surface area contributed by atoms with E-state index >= 15 is 0 Å². The first-order valence-electron chi connectivity index (χ1n) is 4.25. The molecule has 1 aromatic heterocycles. The summed E-state index contributed by atoms with van der Waals surface area (Å²) < 4.78 is 5.00. The van der Waals surface area contributed by atoms with Crippen LogP contribution in [0.4, 0.5) is 5.69 Å². The molecule has 0 atom stereocenters. The Balaban J connectivity index is 2.54. The molecule has 0 amide bonds. The number of rotatable bonds is 1. The molecule has 15 heavy (non-hydrogen) atoms. The van der Waals surface area contributed by atoms with Crippen LogP contribution in [0.15, 0.2) is 39.5 Å². The summed E-state index contributed by atoms with van der Waals surface area (Å²) in [5.41, 5.74) is 6.15. The molecule has 76 valence electrons. The van der Waals surface area contributed by atoms with Crippen LogP contribution in [0.1, 0.15) is 0 Å². The molecular weight excluding hydrogens is 212 g/mol. The van der Waals surface area contributed by atoms with E-state index in [1.54, 1.807) is 12.1 Å². The molecule has 0 fully saturated rings. The van der Waals surface area contributed by atoms with E-state index < -0.39 is 0 Å². The van der Waals surface area contributed by atoms with Gasteiger partial charge < -0.3 is 15.5 Å². The maximum Gasteiger partial charge on any atom is 0.336 e. The lowest BCUT2D eigenvalue weighted by Gasteiger charge is -2.03. The highest BCUT2D eigenvalue weighted by molar-refractivity contribution is 7.80. The molecule has 2 rings (SSSR count). The van der Waals surface area contributed by atoms with Gasteiger partial charge in [0.1, 0.15) is 5.58 Å². The van der Waals surface area contributed by atoms with Crippen LogP contribution < -0.4 is 16.7 Å². The Bertz CT molecular complexity index is 577. The lowest BCUT2D eigenvalue weighted by atomic mass is 10.2. The van der Waals surface area contributed by atoms with Gasteiger partial charge in [-0.1, -0.05) is 0 Å². The first-order valence-corrected chi connectivity index (χ1v) is 4.66. The molecular formula is C10H8N2O2S. The molecule has 2 aromatic rings. The first-order chi connectivity index (χ1) is 7.15. The molecule has 5 heteroatoms. The van der Waals surface area contributed by atoms with Crippen molar-refractivity contribution in [2.24, 2.45) is 5.73 Å². The van der Waals surface area contributed by atoms with E-state index in [4.69, 9.17) is 22.4 Å². The van der Waals surface area contributed by atoms with Crippen LogP contribution in [0.5, 0.6) is 0 Å². The molecule has 0 radical (unpaired) electrons. The van der Waals surface area contributed by atoms with Crippen molar-refractivity contribution in [1.82, 2.24) is 0 Å². The van der Waals surface area contributed by atoms with Crippen molar-refractivity contribution in [3.63, 3.8) is 0 Å². The molecule has 0 saturated carbocycles. The van der Waals surface area contributed by atoms with E-state index in [2.05, 4.69) is 5.32 Å². The fourth-order valence-corrected chi connectivity index (χ4v) is 1.40. The van der Waals surface area contributed by atoms with E-state index in [0.29, 0.717) is 11.3 Å². The van der Waals surface area contributed by atoms with Gasteiger partial charge in [0.25, 0.3) is 0 Å². The van der Waals surface area contributed by atoms with Gasteiger partial charge in [-0.2, -0.15) is 0 Å². The van der Waals surface area contributed by atoms with Gasteiger partial charge in [0, 0.05) is 23.2 Å². The quantitative estimate of drug-likeness (QED) is 0.562. The Kier molecular flexibility index (Phi) is 2.39. The van der Waals surface area contributed by atoms with E-state index in [1.165, 1.54) is 6.07 Å². The smallest absolute Gasteiger partial charge is 0.336 e. The number of nitrogens with two attached hydrogens (primary N) is 1. The Hall–Kier alpha value is -1.88. The minimum atomic E-state index is -0.380. The standard InChI is InChI=1S/C10H8N2O2S/c11-10(15)12-7-3-1-6-2-4-9(13)14-8(6)5-7/h1-5H,(H3,11,12,15). The van der Waals surface area contributed by atoms with Crippen molar-refractivity contribution >= 4 is 34.0 Å². The number of benzene rings is 1. The number of fused-ring (bicyclic) bond motifs is 1. The van der Waals surface area contributed by atoms with Gasteiger partial charge in [-0.3, -0.25) is 0 Å². The summed E-state index contributed by atoms with van der Waals surface area (Å²) in [4.78, 5) is 11.0. The zero-order valence-corrected chi connectivity index (χ0v) is 8.51. The Morgan fingerprint density at radius 2 is 2.07 bits per heavy atom. The van der Waals surface area contributed by atoms with Crippen molar-refractivity contribution in [2.75, 3.05) is 5.32 Å². The van der Waals surface area contributed by atoms with E-state index in [1.807, 2.05) is 12.1 Å². The SMILES string of the molecule is NC(=S)Nc1ccc2ccc(=O)oc2c1. The summed E-state index contributed by atoms with van der Waals surface area (Å²) in [7, 11) is 0. The van der Waals surface area contributed by atoms with Gasteiger partial charge in [-0.25, -0.2) is 4.79 Å². The number of anilines is 1. The molecule has 0 aliphatic carbocycles. The zero-order chi connectivity index (χ0) is 10.8. The molecule has 4 nitrogen and oxygen atoms in total. The van der Waals surface area contributed by atoms with E-state index in [0.717, 1.165) is 5.39 Å². The second kappa shape index (κ2) is 3.70. The number of hydrogen-bond donors (Lipinski definition) is 2. The van der Waals surface area contributed by atoms with Crippen LogP contribution >= 0.6 is 12.2 Å². The Labute approximate surface area is 90.7 Å². The molecule has 1 aromatic carbocycles. The molecule has 0 bridgehead atoms. The van der Waals surface area contributed by atoms with Crippen molar-refractivity contribution < 1.29 is 4.42 Å². The number of hydrogen-bond acceptors (Lipinski definition) is 3. The normalized spacial score (nSPS) is 10.1. The summed E-state index contributed by atoms with van der Waals surface area (Å²) in [6.45, 7) is 0. The summed E-state index contributed by atoms with van der Waals surface area (Å²) in [5.74, 6) is 0. The van der Waals surface area contributed by atoms with Crippen molar-refractivity contribution in [3.05, 3.63) is 40.8 Å². The van der Waals surface area contributed by atoms with Crippen molar-refractivity contribution in [3.8, 4) is 0 Å². The average Bonchev–Trinajstić information content (AvgIpc) is 2.16. The second-order valence-corrected chi connectivity index (χ2v) is 3.44. The lowest BCUT2D eigenvalue weighted by molar-refractivity contribution is 0.561. The number of thiocarbonyl (C=S) groups is 1. The maximum absolute atomic E-state index is 11.0. The Morgan fingerprint density at radius 1 is 1.33 bits per heavy atom. The highest BCUT2D eigenvalue weighted by Crippen LogP contribution is 2.17. The lowest BCUT2D eigenvalue weighted by Crippen LogP contribution is -2.18. The average molecular weight is 220 g/mol. The maximum atomic E-state index is 11.0. The second-order valence-electron chi connectivity index (χ2n) is 3.00. The van der Waals surface area contributed by atoms with Crippen LogP contribution in [0, 0.1) is 0 Å². The summed E-state index contributed by atoms with van der Waals surface area (Å²) >= 11 is 4.70. The van der Waals surface area contributed by atoms with Gasteiger partial charge in [0.05, 0.1) is 0 Å². The third-order valence-corrected chi connectivity index (χ3v) is 1.99. The van der Waals surface area contributed by atoms with E-state index in [9.17, 15) is 4.79 Å². The fraction of sp³-hybridized carbons (Fsp3) is 0. The van der Waals surface area contributed by atoms with Gasteiger partial charge in [0.15, 0.2) is 5.11 Å². The van der Waals surface area contributed by atoms with Crippen molar-refractivity contribution in [1.29, 1.82) is 0 Å². The first kappa shape index (κ1) is 9.67. The van der Waals surface area contributed by atoms with Crippen LogP contribution in [-0.4, -0.2) is 5.11 Å². The molecule has 0 saturated heterocycles. The fourth-order valence-electron chi connectivity index (χ4n) is 1.28. The highest BCUT2D eigenvalue weighted by Gasteiger charge is 1.99.